The van der Waals surface area contributed by atoms with Gasteiger partial charge in [-0.15, -0.1) is 0 Å². The van der Waals surface area contributed by atoms with Crippen molar-refractivity contribution in [3.63, 3.8) is 0 Å². The van der Waals surface area contributed by atoms with Gasteiger partial charge in [-0.2, -0.15) is 0 Å². The maximum absolute atomic E-state index is 14.0. The molecule has 0 aliphatic rings. The first-order chi connectivity index (χ1) is 38.3. The Morgan fingerprint density at radius 3 is 0.975 bits per heavy atom. The molecule has 0 spiro atoms. The second kappa shape index (κ2) is 33.9. The molecule has 0 aromatic heterocycles. The maximum Gasteiger partial charge on any atom is 0.347 e. The summed E-state index contributed by atoms with van der Waals surface area (Å²) in [6.45, 7) is 14.1. The number of ether oxygens (including phenoxy) is 10. The Morgan fingerprint density at radius 1 is 0.342 bits per heavy atom. The second-order valence-corrected chi connectivity index (χ2v) is 17.6. The monoisotopic (exact) mass is 1080 g/mol. The molecule has 5 aromatic rings. The first-order valence-electron chi connectivity index (χ1n) is 26.0. The Kier molecular flexibility index (Phi) is 26.1. The van der Waals surface area contributed by atoms with Crippen molar-refractivity contribution < 1.29 is 80.9 Å². The average Bonchev–Trinajstić information content (AvgIpc) is 3.47. The van der Waals surface area contributed by atoms with Crippen molar-refractivity contribution in [3.8, 4) is 40.2 Å². The number of benzene rings is 5. The van der Waals surface area contributed by atoms with Gasteiger partial charge >= 0.3 is 41.8 Å². The number of carbonyl (C=O) groups is 7. The van der Waals surface area contributed by atoms with Crippen molar-refractivity contribution in [2.45, 2.75) is 84.0 Å². The summed E-state index contributed by atoms with van der Waals surface area (Å²) in [7, 11) is 0. The van der Waals surface area contributed by atoms with Gasteiger partial charge in [-0.1, -0.05) is 19.7 Å². The smallest absolute Gasteiger partial charge is 0.347 e. The van der Waals surface area contributed by atoms with Crippen molar-refractivity contribution >= 4 is 41.8 Å². The molecule has 5 rings (SSSR count). The molecule has 0 radical (unpaired) electrons. The number of carbonyl (C=O) groups excluding carboxylic acids is 7. The zero-order valence-electron chi connectivity index (χ0n) is 44.4. The van der Waals surface area contributed by atoms with Gasteiger partial charge in [0, 0.05) is 18.2 Å². The van der Waals surface area contributed by atoms with Crippen LogP contribution in [-0.4, -0.2) is 81.4 Å². The molecule has 17 heteroatoms. The largest absolute Gasteiger partial charge is 0.494 e. The molecule has 5 aromatic carbocycles. The number of unbranched alkanes of at least 4 members (excludes halogenated alkanes) is 9. The summed E-state index contributed by atoms with van der Waals surface area (Å²) in [5.74, 6) is -2.74. The van der Waals surface area contributed by atoms with Crippen LogP contribution in [0.2, 0.25) is 0 Å². The van der Waals surface area contributed by atoms with Crippen molar-refractivity contribution in [1.82, 2.24) is 0 Å². The van der Waals surface area contributed by atoms with E-state index in [1.807, 2.05) is 0 Å². The lowest BCUT2D eigenvalue weighted by Crippen LogP contribution is -2.17. The van der Waals surface area contributed by atoms with Gasteiger partial charge in [-0.3, -0.25) is 0 Å². The highest BCUT2D eigenvalue weighted by molar-refractivity contribution is 5.99. The predicted octanol–water partition coefficient (Wildman–Crippen LogP) is 11.9. The van der Waals surface area contributed by atoms with Gasteiger partial charge in [0.05, 0.1) is 56.3 Å². The molecule has 0 saturated carbocycles. The van der Waals surface area contributed by atoms with E-state index in [0.717, 1.165) is 95.3 Å². The van der Waals surface area contributed by atoms with E-state index in [4.69, 9.17) is 47.4 Å². The topological polar surface area (TPSA) is 212 Å². The molecule has 0 amide bonds. The summed E-state index contributed by atoms with van der Waals surface area (Å²) in [4.78, 5) is 87.6. The Balaban J connectivity index is 1.19. The lowest BCUT2D eigenvalue weighted by Gasteiger charge is -2.15. The van der Waals surface area contributed by atoms with Crippen LogP contribution in [0.25, 0.3) is 0 Å². The fourth-order valence-corrected chi connectivity index (χ4v) is 7.31. The number of hydrogen-bond donors (Lipinski definition) is 0. The summed E-state index contributed by atoms with van der Waals surface area (Å²) in [6, 6.07) is 27.6. The molecule has 0 saturated heterocycles. The van der Waals surface area contributed by atoms with Gasteiger partial charge in [-0.05, 0) is 199 Å². The molecule has 0 fully saturated rings. The Hall–Kier alpha value is -8.99. The number of aryl methyl sites for hydroxylation is 1. The third-order valence-corrected chi connectivity index (χ3v) is 11.5. The summed E-state index contributed by atoms with van der Waals surface area (Å²) in [6.07, 6.45) is 13.2. The lowest BCUT2D eigenvalue weighted by atomic mass is 10.1. The number of esters is 7. The summed E-state index contributed by atoms with van der Waals surface area (Å²) in [5.41, 5.74) is 0.667. The number of rotatable bonds is 35. The van der Waals surface area contributed by atoms with E-state index in [0.29, 0.717) is 56.9 Å². The fraction of sp³-hybridized carbons (Fsp3) is 0.306. The molecule has 0 aliphatic heterocycles. The minimum atomic E-state index is -0.957. The first kappa shape index (κ1) is 60.9. The van der Waals surface area contributed by atoms with Gasteiger partial charge in [0.1, 0.15) is 45.8 Å². The van der Waals surface area contributed by atoms with Gasteiger partial charge in [-0.25, -0.2) is 33.6 Å². The average molecular weight is 1080 g/mol. The molecule has 79 heavy (non-hydrogen) atoms. The Morgan fingerprint density at radius 2 is 0.633 bits per heavy atom. The van der Waals surface area contributed by atoms with Crippen LogP contribution in [0.4, 0.5) is 0 Å². The summed E-state index contributed by atoms with van der Waals surface area (Å²) < 4.78 is 55.3. The molecule has 0 N–H and O–H groups in total. The van der Waals surface area contributed by atoms with Crippen LogP contribution in [0.1, 0.15) is 124 Å². The van der Waals surface area contributed by atoms with Crippen LogP contribution in [0, 0.1) is 6.92 Å². The minimum absolute atomic E-state index is 0.0363. The second-order valence-electron chi connectivity index (χ2n) is 17.6. The lowest BCUT2D eigenvalue weighted by molar-refractivity contribution is -0.138. The normalized spacial score (nSPS) is 10.5. The van der Waals surface area contributed by atoms with Crippen molar-refractivity contribution in [2.75, 3.05) is 39.6 Å². The van der Waals surface area contributed by atoms with E-state index >= 15 is 0 Å². The molecule has 0 atom stereocenters. The van der Waals surface area contributed by atoms with Crippen LogP contribution in [-0.2, 0) is 28.6 Å². The van der Waals surface area contributed by atoms with Gasteiger partial charge in [0.25, 0.3) is 0 Å². The van der Waals surface area contributed by atoms with E-state index in [1.165, 1.54) is 48.5 Å². The van der Waals surface area contributed by atoms with Crippen molar-refractivity contribution in [3.05, 3.63) is 175 Å². The predicted molar refractivity (Wildman–Crippen MR) is 292 cm³/mol. The summed E-state index contributed by atoms with van der Waals surface area (Å²) >= 11 is 0. The highest BCUT2D eigenvalue weighted by atomic mass is 16.6. The van der Waals surface area contributed by atoms with Crippen molar-refractivity contribution in [2.24, 2.45) is 0 Å². The van der Waals surface area contributed by atoms with Crippen LogP contribution in [0.3, 0.4) is 0 Å². The van der Waals surface area contributed by atoms with Crippen LogP contribution >= 0.6 is 0 Å². The molecule has 0 bridgehead atoms. The van der Waals surface area contributed by atoms with E-state index in [2.05, 4.69) is 19.7 Å². The van der Waals surface area contributed by atoms with Crippen molar-refractivity contribution in [1.29, 1.82) is 0 Å². The maximum atomic E-state index is 14.0. The highest BCUT2D eigenvalue weighted by Crippen LogP contribution is 2.33. The third kappa shape index (κ3) is 22.3. The fourth-order valence-electron chi connectivity index (χ4n) is 7.31. The Bertz CT molecular complexity index is 2820. The van der Waals surface area contributed by atoms with Crippen LogP contribution in [0.15, 0.2) is 147 Å². The SMILES string of the molecule is C=CC(=O)OCCCCCCOc1ccc(C(=O)Oc2ccc(OC(=O)c3cc(OC(=O)c4ccc(OCCCCCCOC(=O)C=C)cc4)cc(C)c3OC(=O)c3ccc(OCCCCCCOC(=O)C=C)cc3)cc2)cc1. The molecule has 0 unspecified atom stereocenters. The minimum Gasteiger partial charge on any atom is -0.494 e. The van der Waals surface area contributed by atoms with Crippen LogP contribution in [0.5, 0.6) is 40.2 Å². The standard InChI is InChI=1S/C62H66O17/c1-5-55(63)73-39-17-11-8-14-36-70-48-26-20-45(21-27-48)59(66)76-51-32-34-52(35-33-51)77-62(69)54-43-53(78-60(67)46-22-28-49(29-23-46)71-37-15-9-12-18-40-74-56(64)6-2)42-44(4)58(54)79-61(68)47-24-30-50(31-25-47)72-38-16-10-13-19-41-75-57(65)7-3/h5-7,20-35,42-43H,1-3,8-19,36-41H2,4H3. The molecule has 0 aliphatic carbocycles. The molecular formula is C62H66O17. The zero-order chi connectivity index (χ0) is 56.6. The van der Waals surface area contributed by atoms with E-state index in [9.17, 15) is 33.6 Å². The Labute approximate surface area is 460 Å². The molecule has 416 valence electrons. The van der Waals surface area contributed by atoms with Gasteiger partial charge in [0.15, 0.2) is 0 Å². The number of hydrogen-bond acceptors (Lipinski definition) is 17. The van der Waals surface area contributed by atoms with Gasteiger partial charge < -0.3 is 47.4 Å². The zero-order valence-corrected chi connectivity index (χ0v) is 44.4. The van der Waals surface area contributed by atoms with Gasteiger partial charge in [0.2, 0.25) is 0 Å². The molecular weight excluding hydrogens is 1020 g/mol. The van der Waals surface area contributed by atoms with E-state index < -0.39 is 41.8 Å². The molecule has 0 heterocycles. The van der Waals surface area contributed by atoms with Crippen LogP contribution < -0.4 is 33.2 Å². The quantitative estimate of drug-likeness (QED) is 0.0121. The van der Waals surface area contributed by atoms with E-state index in [-0.39, 0.29) is 50.8 Å². The molecule has 17 nitrogen and oxygen atoms in total. The van der Waals surface area contributed by atoms with E-state index in [1.54, 1.807) is 67.6 Å². The summed E-state index contributed by atoms with van der Waals surface area (Å²) in [5, 5.41) is 0. The highest BCUT2D eigenvalue weighted by Gasteiger charge is 2.24. The third-order valence-electron chi connectivity index (χ3n) is 11.5. The first-order valence-corrected chi connectivity index (χ1v) is 26.0.